The van der Waals surface area contributed by atoms with Gasteiger partial charge in [0, 0.05) is 6.08 Å². The summed E-state index contributed by atoms with van der Waals surface area (Å²) in [6, 6.07) is 17.1. The Labute approximate surface area is 134 Å². The molecule has 1 heterocycles. The molecule has 1 aliphatic heterocycles. The smallest absolute Gasteiger partial charge is 0.363 e. The lowest BCUT2D eigenvalue weighted by Gasteiger charge is -1.98. The van der Waals surface area contributed by atoms with Crippen LogP contribution in [-0.4, -0.2) is 19.0 Å². The Bertz CT molecular complexity index is 787. The maximum Gasteiger partial charge on any atom is 0.363 e. The molecule has 4 heteroatoms. The summed E-state index contributed by atoms with van der Waals surface area (Å²) in [6.45, 7) is 0. The van der Waals surface area contributed by atoms with E-state index in [0.717, 1.165) is 16.9 Å². The van der Waals surface area contributed by atoms with Gasteiger partial charge in [0.2, 0.25) is 5.90 Å². The van der Waals surface area contributed by atoms with Crippen molar-refractivity contribution in [2.75, 3.05) is 7.11 Å². The van der Waals surface area contributed by atoms with Crippen molar-refractivity contribution in [1.29, 1.82) is 0 Å². The zero-order valence-electron chi connectivity index (χ0n) is 12.6. The maximum absolute atomic E-state index is 11.8. The highest BCUT2D eigenvalue weighted by Gasteiger charge is 2.20. The molecule has 0 atom stereocenters. The van der Waals surface area contributed by atoms with Crippen LogP contribution >= 0.6 is 0 Å². The van der Waals surface area contributed by atoms with E-state index in [2.05, 4.69) is 4.99 Å². The highest BCUT2D eigenvalue weighted by atomic mass is 16.6. The van der Waals surface area contributed by atoms with Crippen LogP contribution < -0.4 is 4.74 Å². The van der Waals surface area contributed by atoms with Gasteiger partial charge in [0.1, 0.15) is 5.75 Å². The third kappa shape index (κ3) is 3.74. The summed E-state index contributed by atoms with van der Waals surface area (Å²) >= 11 is 0. The molecule has 0 bridgehead atoms. The molecule has 0 fully saturated rings. The standard InChI is InChI=1S/C19H15NO3/c1-22-16-10-7-14(8-11-16)9-12-18-20-17(19(21)23-18)13-15-5-3-2-4-6-15/h2-13H,1H3/b12-9+,17-13-. The van der Waals surface area contributed by atoms with Crippen LogP contribution in [0.2, 0.25) is 0 Å². The van der Waals surface area contributed by atoms with Crippen molar-refractivity contribution >= 4 is 24.0 Å². The van der Waals surface area contributed by atoms with Crippen molar-refractivity contribution in [2.45, 2.75) is 0 Å². The minimum Gasteiger partial charge on any atom is -0.497 e. The molecule has 23 heavy (non-hydrogen) atoms. The largest absolute Gasteiger partial charge is 0.497 e. The first-order valence-electron chi connectivity index (χ1n) is 7.14. The molecule has 0 N–H and O–H groups in total. The quantitative estimate of drug-likeness (QED) is 0.639. The number of methoxy groups -OCH3 is 1. The molecular formula is C19H15NO3. The molecule has 0 saturated carbocycles. The van der Waals surface area contributed by atoms with E-state index in [-0.39, 0.29) is 5.90 Å². The Morgan fingerprint density at radius 3 is 2.39 bits per heavy atom. The van der Waals surface area contributed by atoms with Gasteiger partial charge in [-0.25, -0.2) is 9.79 Å². The highest BCUT2D eigenvalue weighted by Crippen LogP contribution is 2.17. The minimum absolute atomic E-state index is 0.285. The normalized spacial score (nSPS) is 15.8. The van der Waals surface area contributed by atoms with Gasteiger partial charge in [-0.2, -0.15) is 0 Å². The first-order chi connectivity index (χ1) is 11.2. The molecule has 2 aromatic carbocycles. The van der Waals surface area contributed by atoms with Crippen LogP contribution in [-0.2, 0) is 9.53 Å². The van der Waals surface area contributed by atoms with E-state index in [4.69, 9.17) is 9.47 Å². The van der Waals surface area contributed by atoms with Crippen LogP contribution in [0.25, 0.3) is 12.2 Å². The summed E-state index contributed by atoms with van der Waals surface area (Å²) in [5.41, 5.74) is 2.17. The molecular weight excluding hydrogens is 290 g/mol. The fourth-order valence-electron chi connectivity index (χ4n) is 2.09. The number of ether oxygens (including phenoxy) is 2. The number of esters is 1. The summed E-state index contributed by atoms with van der Waals surface area (Å²) in [5, 5.41) is 0. The van der Waals surface area contributed by atoms with Gasteiger partial charge in [-0.05, 0) is 35.4 Å². The van der Waals surface area contributed by atoms with Gasteiger partial charge in [0.05, 0.1) is 7.11 Å². The average molecular weight is 305 g/mol. The lowest BCUT2D eigenvalue weighted by atomic mass is 10.2. The highest BCUT2D eigenvalue weighted by molar-refractivity contribution is 6.11. The number of benzene rings is 2. The summed E-state index contributed by atoms with van der Waals surface area (Å²) in [4.78, 5) is 16.0. The zero-order chi connectivity index (χ0) is 16.1. The molecule has 0 saturated heterocycles. The molecule has 0 spiro atoms. The van der Waals surface area contributed by atoms with Crippen molar-refractivity contribution in [3.63, 3.8) is 0 Å². The monoisotopic (exact) mass is 305 g/mol. The van der Waals surface area contributed by atoms with Gasteiger partial charge in [-0.3, -0.25) is 0 Å². The third-order valence-corrected chi connectivity index (χ3v) is 3.27. The molecule has 2 aromatic rings. The minimum atomic E-state index is -0.441. The number of nitrogens with zero attached hydrogens (tertiary/aromatic N) is 1. The predicted octanol–water partition coefficient (Wildman–Crippen LogP) is 3.70. The van der Waals surface area contributed by atoms with Crippen molar-refractivity contribution < 1.29 is 14.3 Å². The Morgan fingerprint density at radius 1 is 0.957 bits per heavy atom. The van der Waals surface area contributed by atoms with E-state index >= 15 is 0 Å². The fraction of sp³-hybridized carbons (Fsp3) is 0.0526. The second-order valence-corrected chi connectivity index (χ2v) is 4.89. The molecule has 0 radical (unpaired) electrons. The van der Waals surface area contributed by atoms with Crippen LogP contribution in [0.4, 0.5) is 0 Å². The Balaban J connectivity index is 1.75. The Kier molecular flexibility index (Phi) is 4.34. The zero-order valence-corrected chi connectivity index (χ0v) is 12.6. The van der Waals surface area contributed by atoms with Gasteiger partial charge in [-0.15, -0.1) is 0 Å². The van der Waals surface area contributed by atoms with Crippen molar-refractivity contribution in [2.24, 2.45) is 4.99 Å². The lowest BCUT2D eigenvalue weighted by Crippen LogP contribution is -2.01. The molecule has 3 rings (SSSR count). The first kappa shape index (κ1) is 14.8. The Hall–Kier alpha value is -3.14. The second kappa shape index (κ2) is 6.75. The van der Waals surface area contributed by atoms with Gasteiger partial charge in [0.15, 0.2) is 5.70 Å². The van der Waals surface area contributed by atoms with E-state index in [9.17, 15) is 4.79 Å². The van der Waals surface area contributed by atoms with E-state index in [0.29, 0.717) is 5.70 Å². The van der Waals surface area contributed by atoms with Crippen LogP contribution in [0.1, 0.15) is 11.1 Å². The van der Waals surface area contributed by atoms with Gasteiger partial charge < -0.3 is 9.47 Å². The molecule has 0 unspecified atom stereocenters. The van der Waals surface area contributed by atoms with Crippen LogP contribution in [0.3, 0.4) is 0 Å². The van der Waals surface area contributed by atoms with E-state index in [1.54, 1.807) is 19.3 Å². The molecule has 114 valence electrons. The first-order valence-corrected chi connectivity index (χ1v) is 7.14. The number of hydrogen-bond acceptors (Lipinski definition) is 4. The van der Waals surface area contributed by atoms with Gasteiger partial charge in [0.25, 0.3) is 0 Å². The van der Waals surface area contributed by atoms with E-state index in [1.165, 1.54) is 0 Å². The van der Waals surface area contributed by atoms with Crippen molar-refractivity contribution in [3.05, 3.63) is 77.5 Å². The molecule has 0 aromatic heterocycles. The van der Waals surface area contributed by atoms with Crippen molar-refractivity contribution in [3.8, 4) is 5.75 Å². The van der Waals surface area contributed by atoms with Crippen molar-refractivity contribution in [1.82, 2.24) is 0 Å². The van der Waals surface area contributed by atoms with E-state index in [1.807, 2.05) is 60.7 Å². The fourth-order valence-corrected chi connectivity index (χ4v) is 2.09. The maximum atomic E-state index is 11.8. The average Bonchev–Trinajstić information content (AvgIpc) is 2.94. The molecule has 0 amide bonds. The lowest BCUT2D eigenvalue weighted by molar-refractivity contribution is -0.129. The number of rotatable bonds is 4. The van der Waals surface area contributed by atoms with Gasteiger partial charge in [-0.1, -0.05) is 42.5 Å². The SMILES string of the molecule is COc1ccc(/C=C/C2=NC(=C\c3ccccc3)/C(=O)O2)cc1. The second-order valence-electron chi connectivity index (χ2n) is 4.89. The molecule has 1 aliphatic rings. The van der Waals surface area contributed by atoms with Gasteiger partial charge >= 0.3 is 5.97 Å². The van der Waals surface area contributed by atoms with Crippen LogP contribution in [0.15, 0.2) is 71.4 Å². The van der Waals surface area contributed by atoms with Crippen LogP contribution in [0.5, 0.6) is 5.75 Å². The summed E-state index contributed by atoms with van der Waals surface area (Å²) in [5.74, 6) is 0.635. The number of carbonyl (C=O) groups is 1. The Morgan fingerprint density at radius 2 is 1.70 bits per heavy atom. The predicted molar refractivity (Wildman–Crippen MR) is 90.0 cm³/mol. The number of hydrogen-bond donors (Lipinski definition) is 0. The summed E-state index contributed by atoms with van der Waals surface area (Å²) in [7, 11) is 1.62. The number of cyclic esters (lactones) is 1. The molecule has 4 nitrogen and oxygen atoms in total. The van der Waals surface area contributed by atoms with Crippen LogP contribution in [0, 0.1) is 0 Å². The molecule has 0 aliphatic carbocycles. The third-order valence-electron chi connectivity index (χ3n) is 3.27. The van der Waals surface area contributed by atoms with E-state index < -0.39 is 5.97 Å². The summed E-state index contributed by atoms with van der Waals surface area (Å²) < 4.78 is 10.3. The number of carbonyl (C=O) groups excluding carboxylic acids is 1. The number of aliphatic imine (C=N–C) groups is 1. The topological polar surface area (TPSA) is 47.9 Å². The summed E-state index contributed by atoms with van der Waals surface area (Å²) in [6.07, 6.45) is 5.21.